The fraction of sp³-hybridized carbons (Fsp3) is 0.900. The van der Waals surface area contributed by atoms with Gasteiger partial charge in [0, 0.05) is 20.0 Å². The lowest BCUT2D eigenvalue weighted by Gasteiger charge is -2.22. The van der Waals surface area contributed by atoms with Gasteiger partial charge < -0.3 is 4.90 Å². The van der Waals surface area contributed by atoms with Crippen LogP contribution in [0, 0.1) is 5.92 Å². The Hall–Kier alpha value is -0.710. The molecule has 1 aliphatic rings. The number of likely N-dealkylation sites (N-methyl/N-ethyl adjacent to an activating group) is 1. The second-order valence-corrected chi connectivity index (χ2v) is 4.61. The molecule has 1 N–H and O–H groups in total. The molecule has 1 saturated heterocycles. The van der Waals surface area contributed by atoms with Gasteiger partial charge in [-0.1, -0.05) is 13.8 Å². The average molecular weight is 220 g/mol. The number of carbonyl (C=O) groups is 1. The van der Waals surface area contributed by atoms with Gasteiger partial charge in [-0.05, 0) is 5.92 Å². The van der Waals surface area contributed by atoms with E-state index in [1.165, 1.54) is 4.90 Å². The topological polar surface area (TPSA) is 32.3 Å². The van der Waals surface area contributed by atoms with Gasteiger partial charge in [-0.3, -0.25) is 10.1 Å². The Morgan fingerprint density at radius 2 is 2.20 bits per heavy atom. The maximum atomic E-state index is 12.8. The van der Waals surface area contributed by atoms with E-state index in [4.69, 9.17) is 0 Å². The lowest BCUT2D eigenvalue weighted by Crippen LogP contribution is -2.42. The van der Waals surface area contributed by atoms with E-state index in [0.717, 1.165) is 0 Å². The van der Waals surface area contributed by atoms with E-state index in [1.54, 1.807) is 7.05 Å². The highest BCUT2D eigenvalue weighted by atomic mass is 19.3. The molecule has 1 amide bonds. The van der Waals surface area contributed by atoms with E-state index in [0.29, 0.717) is 12.5 Å². The van der Waals surface area contributed by atoms with Crippen molar-refractivity contribution in [3.05, 3.63) is 0 Å². The van der Waals surface area contributed by atoms with Crippen molar-refractivity contribution < 1.29 is 13.6 Å². The van der Waals surface area contributed by atoms with E-state index in [2.05, 4.69) is 5.32 Å². The fourth-order valence-electron chi connectivity index (χ4n) is 1.79. The molecule has 1 atom stereocenters. The van der Waals surface area contributed by atoms with Gasteiger partial charge >= 0.3 is 0 Å². The van der Waals surface area contributed by atoms with Gasteiger partial charge in [0.25, 0.3) is 5.92 Å². The molecule has 15 heavy (non-hydrogen) atoms. The zero-order valence-corrected chi connectivity index (χ0v) is 9.39. The van der Waals surface area contributed by atoms with Crippen molar-refractivity contribution in [2.24, 2.45) is 5.92 Å². The van der Waals surface area contributed by atoms with E-state index in [1.807, 2.05) is 13.8 Å². The monoisotopic (exact) mass is 220 g/mol. The summed E-state index contributed by atoms with van der Waals surface area (Å²) in [5.41, 5.74) is 0. The molecule has 1 unspecified atom stereocenters. The van der Waals surface area contributed by atoms with Crippen LogP contribution in [0.4, 0.5) is 8.78 Å². The van der Waals surface area contributed by atoms with Gasteiger partial charge in [0.15, 0.2) is 0 Å². The second kappa shape index (κ2) is 4.43. The van der Waals surface area contributed by atoms with Gasteiger partial charge in [0.05, 0.1) is 12.6 Å². The number of carbonyl (C=O) groups excluding carboxylic acids is 1. The summed E-state index contributed by atoms with van der Waals surface area (Å²) in [6.45, 7) is 4.18. The van der Waals surface area contributed by atoms with E-state index in [9.17, 15) is 13.6 Å². The van der Waals surface area contributed by atoms with Gasteiger partial charge in [0.2, 0.25) is 5.91 Å². The molecule has 88 valence electrons. The Bertz CT molecular complexity index is 244. The summed E-state index contributed by atoms with van der Waals surface area (Å²) in [5.74, 6) is -2.62. The lowest BCUT2D eigenvalue weighted by atomic mass is 10.1. The predicted octanol–water partition coefficient (Wildman–Crippen LogP) is 1.10. The molecule has 1 aliphatic heterocycles. The molecule has 0 aromatic carbocycles. The van der Waals surface area contributed by atoms with Crippen molar-refractivity contribution in [1.82, 2.24) is 10.2 Å². The summed E-state index contributed by atoms with van der Waals surface area (Å²) >= 11 is 0. The maximum Gasteiger partial charge on any atom is 0.262 e. The molecule has 0 aliphatic carbocycles. The van der Waals surface area contributed by atoms with Crippen LogP contribution in [0.2, 0.25) is 0 Å². The highest BCUT2D eigenvalue weighted by Gasteiger charge is 2.43. The number of halogens is 2. The summed E-state index contributed by atoms with van der Waals surface area (Å²) in [4.78, 5) is 13.2. The third-order valence-electron chi connectivity index (χ3n) is 2.42. The van der Waals surface area contributed by atoms with Crippen LogP contribution < -0.4 is 5.32 Å². The van der Waals surface area contributed by atoms with Gasteiger partial charge in [-0.2, -0.15) is 0 Å². The van der Waals surface area contributed by atoms with Crippen LogP contribution >= 0.6 is 0 Å². The van der Waals surface area contributed by atoms with Crippen LogP contribution in [0.15, 0.2) is 0 Å². The van der Waals surface area contributed by atoms with Crippen molar-refractivity contribution in [1.29, 1.82) is 0 Å². The van der Waals surface area contributed by atoms with Gasteiger partial charge in [-0.25, -0.2) is 8.78 Å². The SMILES string of the molecule is CC(C)CN(C)C(=O)C1CC(F)(F)CN1. The van der Waals surface area contributed by atoms with Crippen LogP contribution in [0.3, 0.4) is 0 Å². The molecule has 0 aromatic heterocycles. The zero-order chi connectivity index (χ0) is 11.6. The molecule has 3 nitrogen and oxygen atoms in total. The minimum absolute atomic E-state index is 0.235. The molecule has 0 radical (unpaired) electrons. The van der Waals surface area contributed by atoms with Crippen molar-refractivity contribution in [2.75, 3.05) is 20.1 Å². The minimum atomic E-state index is -2.74. The van der Waals surface area contributed by atoms with Crippen molar-refractivity contribution in [2.45, 2.75) is 32.2 Å². The molecule has 5 heteroatoms. The van der Waals surface area contributed by atoms with Gasteiger partial charge in [-0.15, -0.1) is 0 Å². The highest BCUT2D eigenvalue weighted by molar-refractivity contribution is 5.82. The summed E-state index contributed by atoms with van der Waals surface area (Å²) < 4.78 is 25.7. The Morgan fingerprint density at radius 1 is 1.60 bits per heavy atom. The molecule has 0 bridgehead atoms. The lowest BCUT2D eigenvalue weighted by molar-refractivity contribution is -0.132. The summed E-state index contributed by atoms with van der Waals surface area (Å²) in [6.07, 6.45) is -0.381. The van der Waals surface area contributed by atoms with Crippen molar-refractivity contribution in [3.63, 3.8) is 0 Å². The Kier molecular flexibility index (Phi) is 3.65. The van der Waals surface area contributed by atoms with Crippen molar-refractivity contribution in [3.8, 4) is 0 Å². The first-order valence-electron chi connectivity index (χ1n) is 5.18. The number of nitrogens with one attached hydrogen (secondary N) is 1. The number of rotatable bonds is 3. The van der Waals surface area contributed by atoms with Crippen molar-refractivity contribution >= 4 is 5.91 Å². The van der Waals surface area contributed by atoms with Crippen LogP contribution in [-0.4, -0.2) is 42.9 Å². The van der Waals surface area contributed by atoms with E-state index < -0.39 is 12.0 Å². The highest BCUT2D eigenvalue weighted by Crippen LogP contribution is 2.25. The Balaban J connectivity index is 2.48. The van der Waals surface area contributed by atoms with E-state index in [-0.39, 0.29) is 18.9 Å². The molecule has 0 spiro atoms. The predicted molar refractivity (Wildman–Crippen MR) is 53.8 cm³/mol. The van der Waals surface area contributed by atoms with Crippen LogP contribution in [0.25, 0.3) is 0 Å². The first-order valence-corrected chi connectivity index (χ1v) is 5.18. The summed E-state index contributed by atoms with van der Waals surface area (Å²) in [5, 5.41) is 2.56. The molecule has 1 heterocycles. The van der Waals surface area contributed by atoms with Crippen LogP contribution in [0.5, 0.6) is 0 Å². The quantitative estimate of drug-likeness (QED) is 0.772. The largest absolute Gasteiger partial charge is 0.344 e. The normalized spacial score (nSPS) is 24.5. The molecular weight excluding hydrogens is 202 g/mol. The number of hydrogen-bond acceptors (Lipinski definition) is 2. The third kappa shape index (κ3) is 3.41. The Morgan fingerprint density at radius 3 is 2.60 bits per heavy atom. The minimum Gasteiger partial charge on any atom is -0.344 e. The Labute approximate surface area is 88.8 Å². The smallest absolute Gasteiger partial charge is 0.262 e. The zero-order valence-electron chi connectivity index (χ0n) is 9.39. The molecule has 0 aromatic rings. The van der Waals surface area contributed by atoms with Crippen LogP contribution in [-0.2, 0) is 4.79 Å². The summed E-state index contributed by atoms with van der Waals surface area (Å²) in [6, 6.07) is -0.719. The van der Waals surface area contributed by atoms with Crippen LogP contribution in [0.1, 0.15) is 20.3 Å². The molecule has 1 rings (SSSR count). The third-order valence-corrected chi connectivity index (χ3v) is 2.42. The first-order chi connectivity index (χ1) is 6.82. The molecular formula is C10H18F2N2O. The number of alkyl halides is 2. The van der Waals surface area contributed by atoms with E-state index >= 15 is 0 Å². The summed E-state index contributed by atoms with van der Waals surface area (Å²) in [7, 11) is 1.65. The molecule has 1 fully saturated rings. The maximum absolute atomic E-state index is 12.8. The second-order valence-electron chi connectivity index (χ2n) is 4.61. The molecule has 0 saturated carbocycles. The number of amides is 1. The van der Waals surface area contributed by atoms with Gasteiger partial charge in [0.1, 0.15) is 0 Å². The average Bonchev–Trinajstić information content (AvgIpc) is 2.43. The first kappa shape index (κ1) is 12.4. The number of hydrogen-bond donors (Lipinski definition) is 1. The fourth-order valence-corrected chi connectivity index (χ4v) is 1.79. The standard InChI is InChI=1S/C10H18F2N2O/c1-7(2)5-14(3)9(15)8-4-10(11,12)6-13-8/h7-8,13H,4-6H2,1-3H3. The number of nitrogens with zero attached hydrogens (tertiary/aromatic N) is 1.